The molecule has 148 valence electrons. The van der Waals surface area contributed by atoms with Crippen LogP contribution in [0.25, 0.3) is 5.70 Å². The van der Waals surface area contributed by atoms with Gasteiger partial charge in [-0.15, -0.1) is 0 Å². The molecule has 0 bridgehead atoms. The fraction of sp³-hybridized carbons (Fsp3) is 0.167. The maximum Gasteiger partial charge on any atom is 0.186 e. The van der Waals surface area contributed by atoms with Crippen molar-refractivity contribution >= 4 is 37.6 Å². The highest BCUT2D eigenvalue weighted by atomic mass is 79.9. The van der Waals surface area contributed by atoms with E-state index in [1.54, 1.807) is 6.07 Å². The number of nitrogens with two attached hydrogens (primary N) is 1. The molecule has 5 heteroatoms. The van der Waals surface area contributed by atoms with Crippen molar-refractivity contribution in [1.82, 2.24) is 5.32 Å². The van der Waals surface area contributed by atoms with Gasteiger partial charge < -0.3 is 15.7 Å². The molecule has 0 radical (unpaired) electrons. The average molecular weight is 515 g/mol. The summed E-state index contributed by atoms with van der Waals surface area (Å²) in [6.07, 6.45) is 2.23. The van der Waals surface area contributed by atoms with Crippen LogP contribution in [0.4, 0.5) is 0 Å². The molecule has 0 saturated heterocycles. The number of rotatable bonds is 3. The van der Waals surface area contributed by atoms with Gasteiger partial charge in [-0.1, -0.05) is 67.8 Å². The molecule has 0 fully saturated rings. The second kappa shape index (κ2) is 8.34. The zero-order valence-electron chi connectivity index (χ0n) is 16.3. The Morgan fingerprint density at radius 1 is 0.862 bits per heavy atom. The number of aryl methyl sites for hydroxylation is 2. The zero-order valence-corrected chi connectivity index (χ0v) is 19.5. The Bertz CT molecular complexity index is 1080. The van der Waals surface area contributed by atoms with Crippen molar-refractivity contribution in [2.45, 2.75) is 26.1 Å². The molecule has 0 saturated carbocycles. The molecular formula is C24H23Br2N2O+. The van der Waals surface area contributed by atoms with Gasteiger partial charge in [0.05, 0.1) is 5.56 Å². The lowest BCUT2D eigenvalue weighted by atomic mass is 9.96. The number of aromatic hydroxyl groups is 1. The first-order valence-electron chi connectivity index (χ1n) is 9.55. The quantitative estimate of drug-likeness (QED) is 0.433. The third-order valence-corrected chi connectivity index (χ3v) is 6.34. The Morgan fingerprint density at radius 3 is 2.31 bits per heavy atom. The van der Waals surface area contributed by atoms with Crippen molar-refractivity contribution in [3.63, 3.8) is 0 Å². The first-order valence-corrected chi connectivity index (χ1v) is 11.1. The first kappa shape index (κ1) is 20.2. The Kier molecular flexibility index (Phi) is 5.81. The van der Waals surface area contributed by atoms with Gasteiger partial charge in [-0.3, -0.25) is 0 Å². The van der Waals surface area contributed by atoms with E-state index in [1.807, 2.05) is 24.3 Å². The summed E-state index contributed by atoms with van der Waals surface area (Å²) in [5.74, 6) is 0.308. The van der Waals surface area contributed by atoms with E-state index in [1.165, 1.54) is 16.7 Å². The summed E-state index contributed by atoms with van der Waals surface area (Å²) in [6.45, 7) is 4.27. The van der Waals surface area contributed by atoms with Gasteiger partial charge in [-0.2, -0.15) is 0 Å². The first-order chi connectivity index (χ1) is 13.9. The SMILES string of the molecule is Cc1ccc(C2NC(c3ccc(Br)cc3)=CC(c3cc(Br)ccc3O)[NH2+]2)c(C)c1. The highest BCUT2D eigenvalue weighted by molar-refractivity contribution is 9.10. The van der Waals surface area contributed by atoms with Gasteiger partial charge in [-0.25, -0.2) is 0 Å². The molecule has 3 aromatic carbocycles. The van der Waals surface area contributed by atoms with Crippen LogP contribution in [0.1, 0.15) is 40.0 Å². The van der Waals surface area contributed by atoms with Gasteiger partial charge in [0, 0.05) is 26.3 Å². The summed E-state index contributed by atoms with van der Waals surface area (Å²) in [4.78, 5) is 0. The minimum absolute atomic E-state index is 0.0156. The van der Waals surface area contributed by atoms with E-state index in [0.29, 0.717) is 5.75 Å². The van der Waals surface area contributed by atoms with Crippen LogP contribution in [-0.4, -0.2) is 5.11 Å². The van der Waals surface area contributed by atoms with E-state index < -0.39 is 0 Å². The van der Waals surface area contributed by atoms with Crippen LogP contribution in [0.2, 0.25) is 0 Å². The second-order valence-corrected chi connectivity index (χ2v) is 9.32. The molecule has 1 aliphatic rings. The maximum absolute atomic E-state index is 10.5. The van der Waals surface area contributed by atoms with Crippen molar-refractivity contribution in [3.8, 4) is 5.75 Å². The third-order valence-electron chi connectivity index (χ3n) is 5.32. The van der Waals surface area contributed by atoms with Crippen LogP contribution in [0, 0.1) is 13.8 Å². The molecule has 4 rings (SSSR count). The van der Waals surface area contributed by atoms with Crippen LogP contribution in [0.5, 0.6) is 5.75 Å². The van der Waals surface area contributed by atoms with Gasteiger partial charge in [0.1, 0.15) is 11.8 Å². The smallest absolute Gasteiger partial charge is 0.186 e. The highest BCUT2D eigenvalue weighted by Crippen LogP contribution is 2.31. The fourth-order valence-electron chi connectivity index (χ4n) is 3.86. The summed E-state index contributed by atoms with van der Waals surface area (Å²) >= 11 is 7.06. The molecule has 2 unspecified atom stereocenters. The monoisotopic (exact) mass is 513 g/mol. The molecule has 0 aliphatic carbocycles. The summed E-state index contributed by atoms with van der Waals surface area (Å²) in [5, 5.41) is 16.5. The van der Waals surface area contributed by atoms with E-state index in [2.05, 4.69) is 92.7 Å². The molecule has 1 aliphatic heterocycles. The van der Waals surface area contributed by atoms with Gasteiger partial charge in [0.25, 0.3) is 0 Å². The lowest BCUT2D eigenvalue weighted by Crippen LogP contribution is -2.90. The molecule has 3 nitrogen and oxygen atoms in total. The van der Waals surface area contributed by atoms with E-state index >= 15 is 0 Å². The Balaban J connectivity index is 1.79. The number of nitrogens with one attached hydrogen (secondary N) is 1. The molecule has 0 aromatic heterocycles. The van der Waals surface area contributed by atoms with Gasteiger partial charge >= 0.3 is 0 Å². The minimum Gasteiger partial charge on any atom is -0.507 e. The normalized spacial score (nSPS) is 18.8. The number of hydrogen-bond acceptors (Lipinski definition) is 2. The molecule has 4 N–H and O–H groups in total. The number of benzene rings is 3. The van der Waals surface area contributed by atoms with Crippen LogP contribution >= 0.6 is 31.9 Å². The number of quaternary nitrogens is 1. The topological polar surface area (TPSA) is 48.9 Å². The number of hydrogen-bond donors (Lipinski definition) is 3. The highest BCUT2D eigenvalue weighted by Gasteiger charge is 2.30. The van der Waals surface area contributed by atoms with Crippen LogP contribution in [0.15, 0.2) is 75.7 Å². The number of halogens is 2. The van der Waals surface area contributed by atoms with Crippen molar-refractivity contribution in [2.75, 3.05) is 0 Å². The number of phenols is 1. The molecule has 3 aromatic rings. The molecule has 2 atom stereocenters. The van der Waals surface area contributed by atoms with E-state index in [4.69, 9.17) is 0 Å². The fourth-order valence-corrected chi connectivity index (χ4v) is 4.50. The number of phenolic OH excluding ortho intramolecular Hbond substituents is 1. The lowest BCUT2D eigenvalue weighted by Gasteiger charge is -2.31. The molecular weight excluding hydrogens is 492 g/mol. The molecule has 0 spiro atoms. The van der Waals surface area contributed by atoms with E-state index in [-0.39, 0.29) is 12.2 Å². The van der Waals surface area contributed by atoms with Crippen LogP contribution in [0.3, 0.4) is 0 Å². The Morgan fingerprint density at radius 2 is 1.59 bits per heavy atom. The van der Waals surface area contributed by atoms with Crippen LogP contribution < -0.4 is 10.6 Å². The predicted octanol–water partition coefficient (Wildman–Crippen LogP) is 5.48. The molecule has 1 heterocycles. The van der Waals surface area contributed by atoms with Crippen molar-refractivity contribution in [2.24, 2.45) is 0 Å². The van der Waals surface area contributed by atoms with E-state index in [0.717, 1.165) is 25.8 Å². The molecule has 29 heavy (non-hydrogen) atoms. The van der Waals surface area contributed by atoms with Gasteiger partial charge in [-0.05, 0) is 55.3 Å². The van der Waals surface area contributed by atoms with Crippen LogP contribution in [-0.2, 0) is 0 Å². The second-order valence-electron chi connectivity index (χ2n) is 7.49. The van der Waals surface area contributed by atoms with E-state index in [9.17, 15) is 5.11 Å². The largest absolute Gasteiger partial charge is 0.507 e. The molecule has 0 amide bonds. The summed E-state index contributed by atoms with van der Waals surface area (Å²) < 4.78 is 2.01. The summed E-state index contributed by atoms with van der Waals surface area (Å²) in [7, 11) is 0. The van der Waals surface area contributed by atoms with Crippen molar-refractivity contribution in [3.05, 3.63) is 104 Å². The van der Waals surface area contributed by atoms with Gasteiger partial charge in [0.15, 0.2) is 6.17 Å². The van der Waals surface area contributed by atoms with Gasteiger partial charge in [0.2, 0.25) is 0 Å². The minimum atomic E-state index is -0.0156. The van der Waals surface area contributed by atoms with Crippen molar-refractivity contribution in [1.29, 1.82) is 0 Å². The Hall–Kier alpha value is -2.08. The average Bonchev–Trinajstić information content (AvgIpc) is 2.70. The Labute approximate surface area is 188 Å². The maximum atomic E-state index is 10.5. The predicted molar refractivity (Wildman–Crippen MR) is 124 cm³/mol. The third kappa shape index (κ3) is 4.42. The summed E-state index contributed by atoms with van der Waals surface area (Å²) in [5.41, 5.74) is 6.84. The lowest BCUT2D eigenvalue weighted by molar-refractivity contribution is -0.731. The standard InChI is InChI=1S/C24H22Br2N2O/c1-14-3-9-19(15(2)11-14)24-27-21(16-4-6-17(25)7-5-16)13-22(28-24)20-12-18(26)8-10-23(20)29/h3-13,22,24,27-29H,1-2H3/p+1. The van der Waals surface area contributed by atoms with Crippen molar-refractivity contribution < 1.29 is 10.4 Å². The summed E-state index contributed by atoms with van der Waals surface area (Å²) in [6, 6.07) is 20.5. The zero-order chi connectivity index (χ0) is 20.5.